The van der Waals surface area contributed by atoms with E-state index in [1.54, 1.807) is 31.2 Å². The third-order valence-corrected chi connectivity index (χ3v) is 3.00. The van der Waals surface area contributed by atoms with Crippen LogP contribution in [0.2, 0.25) is 0 Å². The Morgan fingerprint density at radius 2 is 1.86 bits per heavy atom. The van der Waals surface area contributed by atoms with E-state index in [1.807, 2.05) is 13.0 Å². The lowest BCUT2D eigenvalue weighted by molar-refractivity contribution is -0.131. The quantitative estimate of drug-likeness (QED) is 0.851. The molecule has 0 heterocycles. The van der Waals surface area contributed by atoms with Crippen LogP contribution in [0.1, 0.15) is 16.7 Å². The summed E-state index contributed by atoms with van der Waals surface area (Å²) in [4.78, 5) is 10.5. The van der Waals surface area contributed by atoms with Crippen LogP contribution in [0, 0.1) is 19.7 Å². The van der Waals surface area contributed by atoms with Crippen LogP contribution in [0.5, 0.6) is 11.5 Å². The van der Waals surface area contributed by atoms with Gasteiger partial charge >= 0.3 is 5.97 Å². The molecule has 0 saturated heterocycles. The molecule has 0 spiro atoms. The standard InChI is InChI=1S/C17H15FO3/c1-11-4-7-14(10-15(11)18)21-16-9-13(5-3-12(16)2)6-8-17(19)20/h3-10H,1-2H3,(H,19,20)/b8-6+. The number of carboxylic acids is 1. The first kappa shape index (κ1) is 14.8. The number of aliphatic carboxylic acids is 1. The Balaban J connectivity index is 2.28. The van der Waals surface area contributed by atoms with Crippen molar-refractivity contribution in [3.05, 3.63) is 65.0 Å². The summed E-state index contributed by atoms with van der Waals surface area (Å²) in [7, 11) is 0. The van der Waals surface area contributed by atoms with Crippen molar-refractivity contribution in [2.75, 3.05) is 0 Å². The molecule has 0 bridgehead atoms. The second-order valence-electron chi connectivity index (χ2n) is 4.71. The summed E-state index contributed by atoms with van der Waals surface area (Å²) in [5.41, 5.74) is 2.13. The lowest BCUT2D eigenvalue weighted by atomic mass is 10.1. The highest BCUT2D eigenvalue weighted by Crippen LogP contribution is 2.27. The van der Waals surface area contributed by atoms with Gasteiger partial charge in [-0.1, -0.05) is 18.2 Å². The average molecular weight is 286 g/mol. The molecule has 0 fully saturated rings. The summed E-state index contributed by atoms with van der Waals surface area (Å²) in [6.45, 7) is 3.55. The first-order valence-electron chi connectivity index (χ1n) is 6.41. The molecule has 1 N–H and O–H groups in total. The van der Waals surface area contributed by atoms with Crippen molar-refractivity contribution < 1.29 is 19.0 Å². The Morgan fingerprint density at radius 1 is 1.14 bits per heavy atom. The van der Waals surface area contributed by atoms with Gasteiger partial charge in [0.05, 0.1) is 0 Å². The van der Waals surface area contributed by atoms with E-state index < -0.39 is 5.97 Å². The van der Waals surface area contributed by atoms with Crippen LogP contribution in [0.4, 0.5) is 4.39 Å². The van der Waals surface area contributed by atoms with E-state index in [0.29, 0.717) is 22.6 Å². The number of halogens is 1. The summed E-state index contributed by atoms with van der Waals surface area (Å²) in [6.07, 6.45) is 2.53. The molecule has 0 amide bonds. The molecule has 0 aromatic heterocycles. The van der Waals surface area contributed by atoms with Gasteiger partial charge in [0.15, 0.2) is 0 Å². The smallest absolute Gasteiger partial charge is 0.328 e. The van der Waals surface area contributed by atoms with Crippen molar-refractivity contribution in [2.45, 2.75) is 13.8 Å². The highest BCUT2D eigenvalue weighted by molar-refractivity contribution is 5.85. The van der Waals surface area contributed by atoms with Crippen molar-refractivity contribution in [1.82, 2.24) is 0 Å². The topological polar surface area (TPSA) is 46.5 Å². The highest BCUT2D eigenvalue weighted by Gasteiger charge is 2.05. The molecule has 2 aromatic rings. The number of benzene rings is 2. The van der Waals surface area contributed by atoms with Gasteiger partial charge < -0.3 is 9.84 Å². The van der Waals surface area contributed by atoms with Gasteiger partial charge in [-0.2, -0.15) is 0 Å². The number of carbonyl (C=O) groups is 1. The van der Waals surface area contributed by atoms with Gasteiger partial charge in [-0.15, -0.1) is 0 Å². The van der Waals surface area contributed by atoms with Crippen LogP contribution in [-0.4, -0.2) is 11.1 Å². The Morgan fingerprint density at radius 3 is 2.52 bits per heavy atom. The summed E-state index contributed by atoms with van der Waals surface area (Å²) in [5.74, 6) is -0.378. The van der Waals surface area contributed by atoms with Crippen molar-refractivity contribution >= 4 is 12.0 Å². The van der Waals surface area contributed by atoms with Gasteiger partial charge in [0, 0.05) is 12.1 Å². The first-order chi connectivity index (χ1) is 9.95. The molecule has 0 atom stereocenters. The zero-order chi connectivity index (χ0) is 15.4. The molecule has 3 nitrogen and oxygen atoms in total. The van der Waals surface area contributed by atoms with Crippen LogP contribution in [-0.2, 0) is 4.79 Å². The fourth-order valence-corrected chi connectivity index (χ4v) is 1.76. The normalized spacial score (nSPS) is 10.8. The van der Waals surface area contributed by atoms with Crippen LogP contribution < -0.4 is 4.74 Å². The van der Waals surface area contributed by atoms with E-state index in [-0.39, 0.29) is 5.82 Å². The third-order valence-electron chi connectivity index (χ3n) is 3.00. The third kappa shape index (κ3) is 3.92. The Bertz CT molecular complexity index is 705. The van der Waals surface area contributed by atoms with E-state index in [2.05, 4.69) is 0 Å². The van der Waals surface area contributed by atoms with E-state index in [0.717, 1.165) is 11.6 Å². The number of carboxylic acid groups (broad SMARTS) is 1. The van der Waals surface area contributed by atoms with Crippen LogP contribution >= 0.6 is 0 Å². The fraction of sp³-hybridized carbons (Fsp3) is 0.118. The van der Waals surface area contributed by atoms with Crippen LogP contribution in [0.15, 0.2) is 42.5 Å². The summed E-state index contributed by atoms with van der Waals surface area (Å²) < 4.78 is 19.2. The molecule has 0 aliphatic carbocycles. The Hall–Kier alpha value is -2.62. The molecule has 0 saturated carbocycles. The molecule has 4 heteroatoms. The number of ether oxygens (including phenoxy) is 1. The minimum absolute atomic E-state index is 0.327. The minimum atomic E-state index is -1.02. The fourth-order valence-electron chi connectivity index (χ4n) is 1.76. The number of aryl methyl sites for hydroxylation is 2. The highest BCUT2D eigenvalue weighted by atomic mass is 19.1. The van der Waals surface area contributed by atoms with Gasteiger partial charge in [-0.25, -0.2) is 9.18 Å². The molecular weight excluding hydrogens is 271 g/mol. The molecule has 21 heavy (non-hydrogen) atoms. The van der Waals surface area contributed by atoms with Crippen molar-refractivity contribution in [3.8, 4) is 11.5 Å². The maximum Gasteiger partial charge on any atom is 0.328 e. The summed E-state index contributed by atoms with van der Waals surface area (Å²) >= 11 is 0. The molecule has 108 valence electrons. The first-order valence-corrected chi connectivity index (χ1v) is 6.41. The van der Waals surface area contributed by atoms with Gasteiger partial charge in [-0.05, 0) is 48.7 Å². The van der Waals surface area contributed by atoms with E-state index in [1.165, 1.54) is 12.1 Å². The lowest BCUT2D eigenvalue weighted by Gasteiger charge is -2.10. The number of hydrogen-bond donors (Lipinski definition) is 1. The summed E-state index contributed by atoms with van der Waals surface area (Å²) in [6, 6.07) is 9.99. The van der Waals surface area contributed by atoms with Crippen LogP contribution in [0.25, 0.3) is 6.08 Å². The Labute approximate surface area is 122 Å². The van der Waals surface area contributed by atoms with E-state index in [9.17, 15) is 9.18 Å². The van der Waals surface area contributed by atoms with Crippen LogP contribution in [0.3, 0.4) is 0 Å². The maximum absolute atomic E-state index is 13.5. The monoisotopic (exact) mass is 286 g/mol. The second kappa shape index (κ2) is 6.22. The zero-order valence-corrected chi connectivity index (χ0v) is 11.8. The second-order valence-corrected chi connectivity index (χ2v) is 4.71. The zero-order valence-electron chi connectivity index (χ0n) is 11.8. The predicted molar refractivity (Wildman–Crippen MR) is 79.1 cm³/mol. The van der Waals surface area contributed by atoms with Gasteiger partial charge in [-0.3, -0.25) is 0 Å². The largest absolute Gasteiger partial charge is 0.478 e. The van der Waals surface area contributed by atoms with Gasteiger partial charge in [0.1, 0.15) is 17.3 Å². The minimum Gasteiger partial charge on any atom is -0.478 e. The van der Waals surface area contributed by atoms with Crippen molar-refractivity contribution in [1.29, 1.82) is 0 Å². The molecular formula is C17H15FO3. The number of rotatable bonds is 4. The van der Waals surface area contributed by atoms with Gasteiger partial charge in [0.2, 0.25) is 0 Å². The Kier molecular flexibility index (Phi) is 4.38. The average Bonchev–Trinajstić information content (AvgIpc) is 2.43. The summed E-state index contributed by atoms with van der Waals surface area (Å²) in [5, 5.41) is 8.63. The molecule has 0 radical (unpaired) electrons. The number of hydrogen-bond acceptors (Lipinski definition) is 2. The van der Waals surface area contributed by atoms with E-state index >= 15 is 0 Å². The predicted octanol–water partition coefficient (Wildman–Crippen LogP) is 4.33. The molecule has 0 aliphatic heterocycles. The van der Waals surface area contributed by atoms with E-state index in [4.69, 9.17) is 9.84 Å². The molecule has 2 aromatic carbocycles. The van der Waals surface area contributed by atoms with Crippen molar-refractivity contribution in [2.24, 2.45) is 0 Å². The molecule has 2 rings (SSSR count). The lowest BCUT2D eigenvalue weighted by Crippen LogP contribution is -1.91. The van der Waals surface area contributed by atoms with Crippen molar-refractivity contribution in [3.63, 3.8) is 0 Å². The molecule has 0 unspecified atom stereocenters. The maximum atomic E-state index is 13.5. The SMILES string of the molecule is Cc1ccc(Oc2cc(/C=C/C(=O)O)ccc2C)cc1F. The van der Waals surface area contributed by atoms with Gasteiger partial charge in [0.25, 0.3) is 0 Å². The molecule has 0 aliphatic rings.